The molecule has 3 heterocycles. The number of hydrogen-bond acceptors (Lipinski definition) is 5. The van der Waals surface area contributed by atoms with Crippen LogP contribution in [0.2, 0.25) is 0 Å². The molecule has 0 aliphatic carbocycles. The fourth-order valence-electron chi connectivity index (χ4n) is 3.17. The van der Waals surface area contributed by atoms with Gasteiger partial charge in [-0.3, -0.25) is 9.89 Å². The predicted octanol–water partition coefficient (Wildman–Crippen LogP) is 2.46. The molecule has 0 spiro atoms. The van der Waals surface area contributed by atoms with Crippen LogP contribution in [0, 0.1) is 13.8 Å². The number of rotatable bonds is 5. The summed E-state index contributed by atoms with van der Waals surface area (Å²) >= 11 is 1.88. The molecule has 1 atom stereocenters. The molecule has 136 valence electrons. The lowest BCUT2D eigenvalue weighted by Gasteiger charge is -2.32. The van der Waals surface area contributed by atoms with E-state index >= 15 is 0 Å². The van der Waals surface area contributed by atoms with Crippen LogP contribution in [0.4, 0.5) is 0 Å². The van der Waals surface area contributed by atoms with Crippen LogP contribution in [0.15, 0.2) is 21.0 Å². The zero-order valence-electron chi connectivity index (χ0n) is 15.4. The van der Waals surface area contributed by atoms with Crippen LogP contribution in [-0.4, -0.2) is 42.2 Å². The Kier molecular flexibility index (Phi) is 5.75. The first-order chi connectivity index (χ1) is 12.1. The Labute approximate surface area is 153 Å². The summed E-state index contributed by atoms with van der Waals surface area (Å²) in [4.78, 5) is 8.40. The van der Waals surface area contributed by atoms with Crippen molar-refractivity contribution in [2.75, 3.05) is 20.1 Å². The van der Waals surface area contributed by atoms with E-state index in [-0.39, 0.29) is 0 Å². The topological polar surface area (TPSA) is 65.7 Å². The molecular weight excluding hydrogens is 334 g/mol. The number of guanidine groups is 1. The van der Waals surface area contributed by atoms with Crippen molar-refractivity contribution in [1.82, 2.24) is 20.7 Å². The first-order valence-electron chi connectivity index (χ1n) is 8.74. The average Bonchev–Trinajstić information content (AvgIpc) is 3.21. The maximum absolute atomic E-state index is 5.20. The van der Waals surface area contributed by atoms with Crippen molar-refractivity contribution in [1.29, 1.82) is 0 Å². The van der Waals surface area contributed by atoms with Crippen molar-refractivity contribution in [2.24, 2.45) is 4.99 Å². The Hall–Kier alpha value is -1.86. The van der Waals surface area contributed by atoms with E-state index in [0.717, 1.165) is 49.0 Å². The second kappa shape index (κ2) is 8.01. The van der Waals surface area contributed by atoms with Gasteiger partial charge in [0.1, 0.15) is 5.76 Å². The number of nitrogens with one attached hydrogen (secondary N) is 2. The third-order valence-corrected chi connectivity index (χ3v) is 5.89. The van der Waals surface area contributed by atoms with Crippen LogP contribution in [0.5, 0.6) is 0 Å². The van der Waals surface area contributed by atoms with E-state index in [2.05, 4.69) is 44.1 Å². The van der Waals surface area contributed by atoms with Gasteiger partial charge in [-0.15, -0.1) is 11.3 Å². The maximum atomic E-state index is 5.20. The van der Waals surface area contributed by atoms with Gasteiger partial charge in [-0.2, -0.15) is 0 Å². The molecule has 0 amide bonds. The minimum atomic E-state index is 0.450. The number of aromatic nitrogens is 1. The lowest BCUT2D eigenvalue weighted by molar-refractivity contribution is 0.192. The van der Waals surface area contributed by atoms with Crippen LogP contribution in [-0.2, 0) is 19.5 Å². The van der Waals surface area contributed by atoms with Crippen LogP contribution < -0.4 is 10.6 Å². The second-order valence-electron chi connectivity index (χ2n) is 6.55. The molecular formula is C18H27N5OS. The van der Waals surface area contributed by atoms with Gasteiger partial charge in [0.25, 0.3) is 0 Å². The summed E-state index contributed by atoms with van der Waals surface area (Å²) in [5.74, 6) is 1.66. The van der Waals surface area contributed by atoms with E-state index in [1.807, 2.05) is 25.2 Å². The Bertz CT molecular complexity index is 716. The molecule has 0 radical (unpaired) electrons. The molecule has 6 nitrogen and oxygen atoms in total. The Morgan fingerprint density at radius 3 is 3.00 bits per heavy atom. The van der Waals surface area contributed by atoms with Gasteiger partial charge >= 0.3 is 0 Å². The van der Waals surface area contributed by atoms with Crippen LogP contribution in [0.3, 0.4) is 0 Å². The van der Waals surface area contributed by atoms with E-state index in [9.17, 15) is 0 Å². The lowest BCUT2D eigenvalue weighted by Crippen LogP contribution is -2.47. The summed E-state index contributed by atoms with van der Waals surface area (Å²) in [6, 6.07) is 2.71. The third kappa shape index (κ3) is 4.22. The highest BCUT2D eigenvalue weighted by atomic mass is 32.1. The Balaban J connectivity index is 1.48. The summed E-state index contributed by atoms with van der Waals surface area (Å²) in [6.07, 6.45) is 1.16. The summed E-state index contributed by atoms with van der Waals surface area (Å²) < 4.78 is 5.20. The highest BCUT2D eigenvalue weighted by molar-refractivity contribution is 7.10. The monoisotopic (exact) mass is 361 g/mol. The largest absolute Gasteiger partial charge is 0.361 e. The van der Waals surface area contributed by atoms with Crippen LogP contribution in [0.25, 0.3) is 0 Å². The first-order valence-corrected chi connectivity index (χ1v) is 9.62. The van der Waals surface area contributed by atoms with E-state index < -0.39 is 0 Å². The molecule has 0 saturated heterocycles. The molecule has 0 bridgehead atoms. The van der Waals surface area contributed by atoms with Gasteiger partial charge in [0.15, 0.2) is 5.96 Å². The highest BCUT2D eigenvalue weighted by Gasteiger charge is 2.21. The number of aryl methyl sites for hydroxylation is 2. The zero-order valence-corrected chi connectivity index (χ0v) is 16.2. The maximum Gasteiger partial charge on any atom is 0.191 e. The predicted molar refractivity (Wildman–Crippen MR) is 102 cm³/mol. The molecule has 0 saturated carbocycles. The molecule has 2 N–H and O–H groups in total. The summed E-state index contributed by atoms with van der Waals surface area (Å²) in [7, 11) is 1.80. The molecule has 1 aliphatic heterocycles. The molecule has 2 aromatic heterocycles. The van der Waals surface area contributed by atoms with Gasteiger partial charge in [0, 0.05) is 49.7 Å². The summed E-state index contributed by atoms with van der Waals surface area (Å²) in [6.45, 7) is 9.86. The third-order valence-electron chi connectivity index (χ3n) is 4.86. The van der Waals surface area contributed by atoms with E-state index in [4.69, 9.17) is 4.52 Å². The van der Waals surface area contributed by atoms with E-state index in [0.29, 0.717) is 12.6 Å². The number of aliphatic imine (C=N–C) groups is 1. The van der Waals surface area contributed by atoms with E-state index in [1.54, 1.807) is 11.9 Å². The quantitative estimate of drug-likeness (QED) is 0.633. The zero-order chi connectivity index (χ0) is 17.8. The number of thiophene rings is 1. The summed E-state index contributed by atoms with van der Waals surface area (Å²) in [5, 5.41) is 13.0. The molecule has 25 heavy (non-hydrogen) atoms. The van der Waals surface area contributed by atoms with Crippen molar-refractivity contribution in [3.8, 4) is 0 Å². The molecule has 0 aromatic carbocycles. The van der Waals surface area contributed by atoms with Gasteiger partial charge in [-0.25, -0.2) is 0 Å². The van der Waals surface area contributed by atoms with Crippen molar-refractivity contribution < 1.29 is 4.52 Å². The molecule has 7 heteroatoms. The van der Waals surface area contributed by atoms with Gasteiger partial charge in [0.05, 0.1) is 5.69 Å². The molecule has 2 aromatic rings. The van der Waals surface area contributed by atoms with E-state index in [1.165, 1.54) is 5.56 Å². The van der Waals surface area contributed by atoms with Crippen molar-refractivity contribution >= 4 is 17.3 Å². The van der Waals surface area contributed by atoms with Crippen molar-refractivity contribution in [3.63, 3.8) is 0 Å². The molecule has 1 unspecified atom stereocenters. The summed E-state index contributed by atoms with van der Waals surface area (Å²) in [5.41, 5.74) is 3.51. The van der Waals surface area contributed by atoms with Gasteiger partial charge in [0.2, 0.25) is 0 Å². The highest BCUT2D eigenvalue weighted by Crippen LogP contribution is 2.24. The normalized spacial score (nSPS) is 16.6. The Morgan fingerprint density at radius 2 is 2.28 bits per heavy atom. The van der Waals surface area contributed by atoms with Gasteiger partial charge in [-0.05, 0) is 44.2 Å². The fraction of sp³-hybridized carbons (Fsp3) is 0.556. The van der Waals surface area contributed by atoms with Gasteiger partial charge in [-0.1, -0.05) is 5.16 Å². The smallest absolute Gasteiger partial charge is 0.191 e. The fourth-order valence-corrected chi connectivity index (χ4v) is 4.06. The molecule has 3 rings (SSSR count). The number of nitrogens with zero attached hydrogens (tertiary/aromatic N) is 3. The average molecular weight is 362 g/mol. The van der Waals surface area contributed by atoms with Gasteiger partial charge < -0.3 is 15.2 Å². The van der Waals surface area contributed by atoms with Crippen LogP contribution >= 0.6 is 11.3 Å². The first kappa shape index (κ1) is 17.9. The standard InChI is InChI=1S/C18H27N5OS/c1-12(23-7-5-17-15(11-23)6-8-25-17)9-20-18(19-4)21-10-16-13(2)22-24-14(16)3/h6,8,12H,5,7,9-11H2,1-4H3,(H2,19,20,21). The lowest BCUT2D eigenvalue weighted by atomic mass is 10.1. The van der Waals surface area contributed by atoms with Crippen molar-refractivity contribution in [2.45, 2.75) is 46.3 Å². The molecule has 0 fully saturated rings. The Morgan fingerprint density at radius 1 is 1.44 bits per heavy atom. The minimum Gasteiger partial charge on any atom is -0.361 e. The number of fused-ring (bicyclic) bond motifs is 1. The SMILES string of the molecule is CN=C(NCc1c(C)noc1C)NCC(C)N1CCc2sccc2C1. The second-order valence-corrected chi connectivity index (χ2v) is 7.55. The van der Waals surface area contributed by atoms with Crippen LogP contribution in [0.1, 0.15) is 34.4 Å². The van der Waals surface area contributed by atoms with Crippen molar-refractivity contribution in [3.05, 3.63) is 38.9 Å². The number of hydrogen-bond donors (Lipinski definition) is 2. The minimum absolute atomic E-state index is 0.450. The molecule has 1 aliphatic rings.